The van der Waals surface area contributed by atoms with E-state index < -0.39 is 24.5 Å². The van der Waals surface area contributed by atoms with E-state index in [1.165, 1.54) is 7.11 Å². The molecular weight excluding hydrogens is 376 g/mol. The lowest BCUT2D eigenvalue weighted by Gasteiger charge is -2.29. The van der Waals surface area contributed by atoms with E-state index >= 15 is 0 Å². The number of amides is 3. The van der Waals surface area contributed by atoms with Crippen molar-refractivity contribution in [3.63, 3.8) is 0 Å². The summed E-state index contributed by atoms with van der Waals surface area (Å²) in [5, 5.41) is 5.76. The first kappa shape index (κ1) is 20.9. The molecule has 1 saturated carbocycles. The van der Waals surface area contributed by atoms with Crippen molar-refractivity contribution < 1.29 is 28.3 Å². The number of para-hydroxylation sites is 1. The largest absolute Gasteiger partial charge is 0.450 e. The van der Waals surface area contributed by atoms with E-state index in [-0.39, 0.29) is 18.4 Å². The molecule has 1 fully saturated rings. The zero-order valence-electron chi connectivity index (χ0n) is 16.7. The van der Waals surface area contributed by atoms with Crippen LogP contribution in [0.4, 0.5) is 4.79 Å². The molecule has 1 aliphatic rings. The van der Waals surface area contributed by atoms with Gasteiger partial charge in [-0.3, -0.25) is 10.1 Å². The highest BCUT2D eigenvalue weighted by atomic mass is 16.5. The Labute approximate surface area is 168 Å². The summed E-state index contributed by atoms with van der Waals surface area (Å²) in [5.41, 5.74) is 1.08. The number of ether oxygens (including phenoxy) is 2. The van der Waals surface area contributed by atoms with E-state index in [4.69, 9.17) is 13.9 Å². The molecule has 156 valence electrons. The minimum absolute atomic E-state index is 0.0127. The number of benzene rings is 1. The molecule has 2 N–H and O–H groups in total. The zero-order valence-corrected chi connectivity index (χ0v) is 16.7. The first-order chi connectivity index (χ1) is 14.0. The van der Waals surface area contributed by atoms with Gasteiger partial charge in [0, 0.05) is 24.1 Å². The molecule has 0 aliphatic heterocycles. The molecule has 8 heteroatoms. The summed E-state index contributed by atoms with van der Waals surface area (Å²) in [6.45, 7) is 1.66. The monoisotopic (exact) mass is 402 g/mol. The number of carbonyl (C=O) groups is 3. The van der Waals surface area contributed by atoms with E-state index in [9.17, 15) is 14.4 Å². The normalized spacial score (nSPS) is 19.0. The molecule has 8 nitrogen and oxygen atoms in total. The first-order valence-electron chi connectivity index (χ1n) is 9.76. The summed E-state index contributed by atoms with van der Waals surface area (Å²) in [6, 6.07) is 6.63. The lowest BCUT2D eigenvalue weighted by molar-refractivity contribution is -0.123. The summed E-state index contributed by atoms with van der Waals surface area (Å²) in [7, 11) is 1.51. The van der Waals surface area contributed by atoms with Crippen LogP contribution >= 0.6 is 0 Å². The SMILES string of the molecule is COCc1c(C(=O)OCC(=O)NC(=O)N[C@H]2CCCC[C@@H]2C)oc2ccccc12. The number of rotatable bonds is 6. The molecule has 0 bridgehead atoms. The van der Waals surface area contributed by atoms with Gasteiger partial charge in [-0.2, -0.15) is 0 Å². The number of fused-ring (bicyclic) bond motifs is 1. The maximum absolute atomic E-state index is 12.4. The Kier molecular flexibility index (Phi) is 6.87. The Hall–Kier alpha value is -2.87. The molecule has 2 aromatic rings. The average Bonchev–Trinajstić information content (AvgIpc) is 3.07. The molecule has 1 aromatic heterocycles. The van der Waals surface area contributed by atoms with Gasteiger partial charge in [-0.1, -0.05) is 38.0 Å². The fourth-order valence-electron chi connectivity index (χ4n) is 3.65. The van der Waals surface area contributed by atoms with Crippen LogP contribution in [0.1, 0.15) is 48.7 Å². The predicted molar refractivity (Wildman–Crippen MR) is 105 cm³/mol. The third kappa shape index (κ3) is 5.14. The van der Waals surface area contributed by atoms with Crippen molar-refractivity contribution in [3.05, 3.63) is 35.6 Å². The average molecular weight is 402 g/mol. The van der Waals surface area contributed by atoms with Crippen molar-refractivity contribution in [2.75, 3.05) is 13.7 Å². The van der Waals surface area contributed by atoms with Crippen LogP contribution < -0.4 is 10.6 Å². The Morgan fingerprint density at radius 3 is 2.69 bits per heavy atom. The Morgan fingerprint density at radius 2 is 1.93 bits per heavy atom. The van der Waals surface area contributed by atoms with Crippen molar-refractivity contribution in [2.24, 2.45) is 5.92 Å². The van der Waals surface area contributed by atoms with Gasteiger partial charge < -0.3 is 19.2 Å². The van der Waals surface area contributed by atoms with Crippen LogP contribution in [0.5, 0.6) is 0 Å². The summed E-state index contributed by atoms with van der Waals surface area (Å²) in [4.78, 5) is 36.4. The fraction of sp³-hybridized carbons (Fsp3) is 0.476. The second kappa shape index (κ2) is 9.56. The number of esters is 1. The van der Waals surface area contributed by atoms with Gasteiger partial charge in [0.25, 0.3) is 5.91 Å². The van der Waals surface area contributed by atoms with Gasteiger partial charge in [-0.25, -0.2) is 9.59 Å². The third-order valence-electron chi connectivity index (χ3n) is 5.19. The van der Waals surface area contributed by atoms with Crippen LogP contribution in [-0.4, -0.2) is 37.7 Å². The number of methoxy groups -OCH3 is 1. The summed E-state index contributed by atoms with van der Waals surface area (Å²) < 4.78 is 15.8. The highest BCUT2D eigenvalue weighted by molar-refractivity contribution is 5.99. The van der Waals surface area contributed by atoms with E-state index in [2.05, 4.69) is 17.6 Å². The van der Waals surface area contributed by atoms with Crippen LogP contribution in [0.3, 0.4) is 0 Å². The van der Waals surface area contributed by atoms with Crippen molar-refractivity contribution in [3.8, 4) is 0 Å². The lowest BCUT2D eigenvalue weighted by atomic mass is 9.86. The van der Waals surface area contributed by atoms with Crippen LogP contribution in [0.25, 0.3) is 11.0 Å². The van der Waals surface area contributed by atoms with Gasteiger partial charge in [0.05, 0.1) is 6.61 Å². The minimum atomic E-state index is -0.787. The number of imide groups is 1. The summed E-state index contributed by atoms with van der Waals surface area (Å²) in [5.74, 6) is -1.13. The van der Waals surface area contributed by atoms with Crippen LogP contribution in [0.15, 0.2) is 28.7 Å². The van der Waals surface area contributed by atoms with Crippen molar-refractivity contribution in [1.29, 1.82) is 0 Å². The lowest BCUT2D eigenvalue weighted by Crippen LogP contribution is -2.48. The number of nitrogens with one attached hydrogen (secondary N) is 2. The zero-order chi connectivity index (χ0) is 20.8. The topological polar surface area (TPSA) is 107 Å². The second-order valence-electron chi connectivity index (χ2n) is 7.30. The molecule has 1 heterocycles. The molecule has 2 atom stereocenters. The molecular formula is C21H26N2O6. The molecule has 1 aliphatic carbocycles. The van der Waals surface area contributed by atoms with Gasteiger partial charge in [0.15, 0.2) is 6.61 Å². The number of carbonyl (C=O) groups excluding carboxylic acids is 3. The van der Waals surface area contributed by atoms with Gasteiger partial charge in [-0.05, 0) is 24.8 Å². The number of hydrogen-bond acceptors (Lipinski definition) is 6. The van der Waals surface area contributed by atoms with Gasteiger partial charge in [0.2, 0.25) is 5.76 Å². The third-order valence-corrected chi connectivity index (χ3v) is 5.19. The molecule has 1 aromatic carbocycles. The van der Waals surface area contributed by atoms with Crippen LogP contribution in [0.2, 0.25) is 0 Å². The Morgan fingerprint density at radius 1 is 1.17 bits per heavy atom. The van der Waals surface area contributed by atoms with E-state index in [0.29, 0.717) is 17.1 Å². The van der Waals surface area contributed by atoms with Crippen molar-refractivity contribution in [2.45, 2.75) is 45.3 Å². The predicted octanol–water partition coefficient (Wildman–Crippen LogP) is 3.14. The number of hydrogen-bond donors (Lipinski definition) is 2. The number of furan rings is 1. The molecule has 0 radical (unpaired) electrons. The molecule has 0 saturated heterocycles. The maximum Gasteiger partial charge on any atom is 0.375 e. The smallest absolute Gasteiger partial charge is 0.375 e. The van der Waals surface area contributed by atoms with Crippen LogP contribution in [0, 0.1) is 5.92 Å². The highest BCUT2D eigenvalue weighted by Gasteiger charge is 2.25. The molecule has 3 amide bonds. The highest BCUT2D eigenvalue weighted by Crippen LogP contribution is 2.27. The fourth-order valence-corrected chi connectivity index (χ4v) is 3.65. The molecule has 3 rings (SSSR count). The minimum Gasteiger partial charge on any atom is -0.450 e. The summed E-state index contributed by atoms with van der Waals surface area (Å²) >= 11 is 0. The van der Waals surface area contributed by atoms with Gasteiger partial charge in [0.1, 0.15) is 5.58 Å². The Bertz CT molecular complexity index is 890. The Balaban J connectivity index is 1.55. The van der Waals surface area contributed by atoms with Crippen molar-refractivity contribution in [1.82, 2.24) is 10.6 Å². The van der Waals surface area contributed by atoms with Gasteiger partial charge >= 0.3 is 12.0 Å². The quantitative estimate of drug-likeness (QED) is 0.719. The molecule has 0 unspecified atom stereocenters. The van der Waals surface area contributed by atoms with Gasteiger partial charge in [-0.15, -0.1) is 0 Å². The number of urea groups is 1. The van der Waals surface area contributed by atoms with E-state index in [1.54, 1.807) is 12.1 Å². The first-order valence-corrected chi connectivity index (χ1v) is 9.76. The molecule has 29 heavy (non-hydrogen) atoms. The second-order valence-corrected chi connectivity index (χ2v) is 7.30. The van der Waals surface area contributed by atoms with Crippen molar-refractivity contribution >= 4 is 28.9 Å². The standard InChI is InChI=1S/C21H26N2O6/c1-13-7-3-5-9-16(13)22-21(26)23-18(24)12-28-20(25)19-15(11-27-2)14-8-4-6-10-17(14)29-19/h4,6,8,10,13,16H,3,5,7,9,11-12H2,1-2H3,(H2,22,23,24,26)/t13-,16-/m0/s1. The van der Waals surface area contributed by atoms with Crippen LogP contribution in [-0.2, 0) is 20.9 Å². The maximum atomic E-state index is 12.4. The molecule has 0 spiro atoms. The van der Waals surface area contributed by atoms with E-state index in [0.717, 1.165) is 31.1 Å². The summed E-state index contributed by atoms with van der Waals surface area (Å²) in [6.07, 6.45) is 4.16. The van der Waals surface area contributed by atoms with E-state index in [1.807, 2.05) is 12.1 Å².